The predicted molar refractivity (Wildman–Crippen MR) is 142 cm³/mol. The minimum Gasteiger partial charge on any atom is -0.0842 e. The summed E-state index contributed by atoms with van der Waals surface area (Å²) in [6.07, 6.45) is 33.8. The highest BCUT2D eigenvalue weighted by atomic mass is 14.2. The van der Waals surface area contributed by atoms with Crippen LogP contribution in [0.3, 0.4) is 0 Å². The zero-order valence-corrected chi connectivity index (χ0v) is 20.2. The Balaban J connectivity index is 4.21. The fourth-order valence-electron chi connectivity index (χ4n) is 3.36. The third kappa shape index (κ3) is 7.48. The van der Waals surface area contributed by atoms with E-state index in [0.717, 1.165) is 38.5 Å². The standard InChI is InChI=1S/C30H42/c1-7-13-19-25-26(20-14-8-2)28(22-16-10-4)30(24-18-12-6)29(23-17-11-5)27(25)21-15-9-3/h13-24H,7-12H2,1-6H3. The van der Waals surface area contributed by atoms with Gasteiger partial charge in [-0.05, 0) is 71.9 Å². The lowest BCUT2D eigenvalue weighted by Crippen LogP contribution is -2.01. The molecule has 0 aromatic heterocycles. The Kier molecular flexibility index (Phi) is 13.3. The van der Waals surface area contributed by atoms with Crippen LogP contribution in [0.25, 0.3) is 36.5 Å². The van der Waals surface area contributed by atoms with Gasteiger partial charge in [-0.3, -0.25) is 0 Å². The maximum absolute atomic E-state index is 2.32. The van der Waals surface area contributed by atoms with Crippen molar-refractivity contribution in [3.63, 3.8) is 0 Å². The molecule has 0 aliphatic heterocycles. The quantitative estimate of drug-likeness (QED) is 0.326. The predicted octanol–water partition coefficient (Wildman–Crippen LogP) is 10.2. The molecule has 0 unspecified atom stereocenters. The summed E-state index contributed by atoms with van der Waals surface area (Å²) in [4.78, 5) is 0. The zero-order chi connectivity index (χ0) is 22.2. The van der Waals surface area contributed by atoms with Crippen LogP contribution in [-0.2, 0) is 0 Å². The average molecular weight is 403 g/mol. The molecule has 0 radical (unpaired) electrons. The molecule has 1 rings (SSSR count). The molecule has 0 N–H and O–H groups in total. The minimum atomic E-state index is 1.03. The van der Waals surface area contributed by atoms with Crippen LogP contribution < -0.4 is 0 Å². The van der Waals surface area contributed by atoms with E-state index in [1.54, 1.807) is 0 Å². The van der Waals surface area contributed by atoms with Crippen molar-refractivity contribution in [3.8, 4) is 0 Å². The van der Waals surface area contributed by atoms with E-state index in [4.69, 9.17) is 0 Å². The van der Waals surface area contributed by atoms with Crippen LogP contribution in [0.1, 0.15) is 113 Å². The lowest BCUT2D eigenvalue weighted by atomic mass is 9.84. The Bertz CT molecular complexity index is 609. The average Bonchev–Trinajstić information content (AvgIpc) is 2.76. The van der Waals surface area contributed by atoms with Crippen LogP contribution in [-0.4, -0.2) is 0 Å². The van der Waals surface area contributed by atoms with E-state index < -0.39 is 0 Å². The fraction of sp³-hybridized carbons (Fsp3) is 0.400. The Hall–Kier alpha value is -2.34. The van der Waals surface area contributed by atoms with Crippen molar-refractivity contribution in [3.05, 3.63) is 69.8 Å². The number of benzene rings is 1. The summed E-state index contributed by atoms with van der Waals surface area (Å²) in [5.74, 6) is 0. The first-order chi connectivity index (χ1) is 14.7. The minimum absolute atomic E-state index is 1.03. The summed E-state index contributed by atoms with van der Waals surface area (Å²) in [7, 11) is 0. The molecule has 0 saturated heterocycles. The van der Waals surface area contributed by atoms with Gasteiger partial charge in [-0.15, -0.1) is 0 Å². The highest BCUT2D eigenvalue weighted by Crippen LogP contribution is 2.35. The van der Waals surface area contributed by atoms with Gasteiger partial charge in [0.2, 0.25) is 0 Å². The van der Waals surface area contributed by atoms with Gasteiger partial charge < -0.3 is 0 Å². The van der Waals surface area contributed by atoms with Gasteiger partial charge in [0.1, 0.15) is 0 Å². The molecule has 162 valence electrons. The molecule has 0 spiro atoms. The van der Waals surface area contributed by atoms with Crippen LogP contribution in [0.5, 0.6) is 0 Å². The number of hydrogen-bond acceptors (Lipinski definition) is 0. The molecule has 0 heteroatoms. The van der Waals surface area contributed by atoms with Gasteiger partial charge in [0, 0.05) is 0 Å². The molecular weight excluding hydrogens is 360 g/mol. The Morgan fingerprint density at radius 3 is 0.533 bits per heavy atom. The van der Waals surface area contributed by atoms with Crippen LogP contribution in [0.4, 0.5) is 0 Å². The summed E-state index contributed by atoms with van der Waals surface area (Å²) in [5.41, 5.74) is 7.95. The van der Waals surface area contributed by atoms with E-state index in [2.05, 4.69) is 114 Å². The molecule has 1 aromatic carbocycles. The summed E-state index contributed by atoms with van der Waals surface area (Å²) in [6.45, 7) is 13.2. The molecule has 0 saturated carbocycles. The molecule has 0 bridgehead atoms. The van der Waals surface area contributed by atoms with Crippen molar-refractivity contribution in [2.75, 3.05) is 0 Å². The van der Waals surface area contributed by atoms with Crippen LogP contribution >= 0.6 is 0 Å². The van der Waals surface area contributed by atoms with E-state index in [1.807, 2.05) is 0 Å². The first kappa shape index (κ1) is 25.7. The van der Waals surface area contributed by atoms with Crippen molar-refractivity contribution in [2.45, 2.75) is 80.1 Å². The second kappa shape index (κ2) is 15.5. The highest BCUT2D eigenvalue weighted by Gasteiger charge is 2.16. The number of rotatable bonds is 12. The van der Waals surface area contributed by atoms with E-state index in [1.165, 1.54) is 33.4 Å². The van der Waals surface area contributed by atoms with E-state index in [9.17, 15) is 0 Å². The Labute approximate surface area is 186 Å². The first-order valence-corrected chi connectivity index (χ1v) is 11.9. The van der Waals surface area contributed by atoms with Crippen LogP contribution in [0, 0.1) is 0 Å². The van der Waals surface area contributed by atoms with Gasteiger partial charge in [0.15, 0.2) is 0 Å². The van der Waals surface area contributed by atoms with Gasteiger partial charge in [-0.2, -0.15) is 0 Å². The third-order valence-electron chi connectivity index (χ3n) is 4.86. The van der Waals surface area contributed by atoms with Crippen LogP contribution in [0.2, 0.25) is 0 Å². The lowest BCUT2D eigenvalue weighted by molar-refractivity contribution is 1.22. The van der Waals surface area contributed by atoms with Gasteiger partial charge >= 0.3 is 0 Å². The molecule has 0 amide bonds. The largest absolute Gasteiger partial charge is 0.0842 e. The summed E-state index contributed by atoms with van der Waals surface area (Å²) >= 11 is 0. The van der Waals surface area contributed by atoms with Crippen molar-refractivity contribution < 1.29 is 0 Å². The smallest absolute Gasteiger partial charge is 0.0102 e. The normalized spacial score (nSPS) is 13.0. The Morgan fingerprint density at radius 1 is 0.300 bits per heavy atom. The van der Waals surface area contributed by atoms with Gasteiger partial charge in [-0.1, -0.05) is 114 Å². The van der Waals surface area contributed by atoms with Gasteiger partial charge in [-0.25, -0.2) is 0 Å². The Morgan fingerprint density at radius 2 is 0.433 bits per heavy atom. The maximum atomic E-state index is 2.32. The lowest BCUT2D eigenvalue weighted by Gasteiger charge is -2.19. The molecular formula is C30H42. The van der Waals surface area contributed by atoms with Crippen molar-refractivity contribution in [2.24, 2.45) is 0 Å². The third-order valence-corrected chi connectivity index (χ3v) is 4.86. The highest BCUT2D eigenvalue weighted by molar-refractivity contribution is 5.90. The molecule has 0 nitrogen and oxygen atoms in total. The molecule has 0 atom stereocenters. The van der Waals surface area contributed by atoms with Gasteiger partial charge in [0.05, 0.1) is 0 Å². The van der Waals surface area contributed by atoms with E-state index >= 15 is 0 Å². The zero-order valence-electron chi connectivity index (χ0n) is 20.2. The monoisotopic (exact) mass is 402 g/mol. The maximum Gasteiger partial charge on any atom is -0.0102 e. The van der Waals surface area contributed by atoms with Gasteiger partial charge in [0.25, 0.3) is 0 Å². The van der Waals surface area contributed by atoms with E-state index in [-0.39, 0.29) is 0 Å². The molecule has 30 heavy (non-hydrogen) atoms. The fourth-order valence-corrected chi connectivity index (χ4v) is 3.36. The van der Waals surface area contributed by atoms with Crippen molar-refractivity contribution in [1.29, 1.82) is 0 Å². The molecule has 0 aliphatic rings. The second-order valence-corrected chi connectivity index (χ2v) is 7.35. The number of hydrogen-bond donors (Lipinski definition) is 0. The first-order valence-electron chi connectivity index (χ1n) is 11.9. The number of allylic oxidation sites excluding steroid dienone is 6. The molecule has 0 aliphatic carbocycles. The van der Waals surface area contributed by atoms with Crippen molar-refractivity contribution in [1.82, 2.24) is 0 Å². The van der Waals surface area contributed by atoms with Crippen molar-refractivity contribution >= 4 is 36.5 Å². The van der Waals surface area contributed by atoms with Crippen LogP contribution in [0.15, 0.2) is 36.5 Å². The summed E-state index contributed by atoms with van der Waals surface area (Å²) in [5, 5.41) is 0. The molecule has 0 heterocycles. The van der Waals surface area contributed by atoms with E-state index in [0.29, 0.717) is 0 Å². The summed E-state index contributed by atoms with van der Waals surface area (Å²) in [6, 6.07) is 0. The SMILES string of the molecule is CCC=Cc1c(C=CCC)c(C=CCC)c(C=CCC)c(C=CCC)c1C=CCC. The molecule has 1 aromatic rings. The molecule has 0 fully saturated rings. The topological polar surface area (TPSA) is 0 Å². The second-order valence-electron chi connectivity index (χ2n) is 7.35. The summed E-state index contributed by atoms with van der Waals surface area (Å²) < 4.78 is 0.